The first-order chi connectivity index (χ1) is 13.1. The molecule has 2 rings (SSSR count). The monoisotopic (exact) mass is 367 g/mol. The molecular weight excluding hydrogens is 342 g/mol. The number of nitrogens with zero attached hydrogens (tertiary/aromatic N) is 2. The van der Waals surface area contributed by atoms with Gasteiger partial charge in [-0.05, 0) is 18.9 Å². The second-order valence-electron chi connectivity index (χ2n) is 5.89. The smallest absolute Gasteiger partial charge is 0.273 e. The number of likely N-dealkylation sites (N-methyl/N-ethyl adjacent to an activating group) is 1. The molecule has 2 aromatic carbocycles. The molecule has 0 aromatic heterocycles. The summed E-state index contributed by atoms with van der Waals surface area (Å²) in [5.41, 5.74) is 4.71. The maximum Gasteiger partial charge on any atom is 0.273 e. The van der Waals surface area contributed by atoms with Crippen LogP contribution in [0.3, 0.4) is 0 Å². The first kappa shape index (κ1) is 20.2. The summed E-state index contributed by atoms with van der Waals surface area (Å²) < 4.78 is 0. The van der Waals surface area contributed by atoms with E-state index in [2.05, 4.69) is 21.7 Å². The molecule has 0 bridgehead atoms. The van der Waals surface area contributed by atoms with Crippen molar-refractivity contribution >= 4 is 17.3 Å². The standard InChI is InChI=1S/C21H25N3O3/c1-5-19(16-11-8-9-15(2)13-16)23-27-14-17-10-6-7-12-18(17)20(24-26-4)21(25)22-3/h6-13H,5,14H2,1-4H3,(H,22,25)/b23-19+,24-20+. The van der Waals surface area contributed by atoms with Crippen LogP contribution in [0.4, 0.5) is 0 Å². The van der Waals surface area contributed by atoms with Crippen molar-refractivity contribution in [2.24, 2.45) is 10.3 Å². The number of nitrogens with one attached hydrogen (secondary N) is 1. The van der Waals surface area contributed by atoms with Gasteiger partial charge in [-0.1, -0.05) is 71.3 Å². The van der Waals surface area contributed by atoms with Crippen molar-refractivity contribution in [1.82, 2.24) is 5.32 Å². The largest absolute Gasteiger partial charge is 0.398 e. The first-order valence-corrected chi connectivity index (χ1v) is 8.78. The Morgan fingerprint density at radius 2 is 1.89 bits per heavy atom. The van der Waals surface area contributed by atoms with Crippen molar-refractivity contribution in [3.8, 4) is 0 Å². The molecular formula is C21H25N3O3. The van der Waals surface area contributed by atoms with E-state index in [4.69, 9.17) is 9.68 Å². The van der Waals surface area contributed by atoms with E-state index in [0.29, 0.717) is 5.56 Å². The Morgan fingerprint density at radius 3 is 2.56 bits per heavy atom. The van der Waals surface area contributed by atoms with E-state index in [-0.39, 0.29) is 18.2 Å². The number of carbonyl (C=O) groups is 1. The SMILES string of the molecule is CC/C(=N\OCc1ccccc1/C(=N\OC)C(=O)NC)c1cccc(C)c1. The fraction of sp³-hybridized carbons (Fsp3) is 0.286. The molecule has 0 saturated carbocycles. The van der Waals surface area contributed by atoms with Gasteiger partial charge in [-0.2, -0.15) is 0 Å². The van der Waals surface area contributed by atoms with E-state index >= 15 is 0 Å². The summed E-state index contributed by atoms with van der Waals surface area (Å²) in [6, 6.07) is 15.5. The number of oxime groups is 2. The van der Waals surface area contributed by atoms with E-state index in [0.717, 1.165) is 23.3 Å². The van der Waals surface area contributed by atoms with Crippen molar-refractivity contribution < 1.29 is 14.5 Å². The Bertz CT molecular complexity index is 844. The van der Waals surface area contributed by atoms with Crippen molar-refractivity contribution in [2.45, 2.75) is 26.9 Å². The third-order valence-electron chi connectivity index (χ3n) is 3.98. The molecule has 0 heterocycles. The van der Waals surface area contributed by atoms with E-state index in [1.54, 1.807) is 13.1 Å². The Kier molecular flexibility index (Phi) is 7.55. The Hall–Kier alpha value is -3.15. The summed E-state index contributed by atoms with van der Waals surface area (Å²) in [7, 11) is 2.95. The van der Waals surface area contributed by atoms with Gasteiger partial charge in [0.2, 0.25) is 0 Å². The lowest BCUT2D eigenvalue weighted by molar-refractivity contribution is -0.114. The molecule has 0 aliphatic carbocycles. The minimum absolute atomic E-state index is 0.192. The van der Waals surface area contributed by atoms with Crippen LogP contribution in [-0.4, -0.2) is 31.5 Å². The molecule has 1 amide bonds. The van der Waals surface area contributed by atoms with Gasteiger partial charge in [0, 0.05) is 18.2 Å². The molecule has 27 heavy (non-hydrogen) atoms. The summed E-state index contributed by atoms with van der Waals surface area (Å²) in [5.74, 6) is -0.332. The van der Waals surface area contributed by atoms with E-state index in [1.807, 2.05) is 50.2 Å². The van der Waals surface area contributed by atoms with Crippen LogP contribution in [0.15, 0.2) is 58.8 Å². The Balaban J connectivity index is 2.23. The molecule has 0 radical (unpaired) electrons. The summed E-state index contributed by atoms with van der Waals surface area (Å²) >= 11 is 0. The fourth-order valence-electron chi connectivity index (χ4n) is 2.63. The van der Waals surface area contributed by atoms with Crippen LogP contribution in [0, 0.1) is 6.92 Å². The molecule has 0 spiro atoms. The van der Waals surface area contributed by atoms with Gasteiger partial charge in [0.25, 0.3) is 5.91 Å². The molecule has 1 N–H and O–H groups in total. The second-order valence-corrected chi connectivity index (χ2v) is 5.89. The van der Waals surface area contributed by atoms with Crippen molar-refractivity contribution in [3.63, 3.8) is 0 Å². The van der Waals surface area contributed by atoms with Crippen molar-refractivity contribution in [1.29, 1.82) is 0 Å². The number of amides is 1. The van der Waals surface area contributed by atoms with Gasteiger partial charge in [0.15, 0.2) is 5.71 Å². The van der Waals surface area contributed by atoms with Crippen LogP contribution < -0.4 is 5.32 Å². The normalized spacial score (nSPS) is 11.9. The number of hydrogen-bond acceptors (Lipinski definition) is 5. The highest BCUT2D eigenvalue weighted by atomic mass is 16.6. The zero-order valence-corrected chi connectivity index (χ0v) is 16.2. The predicted molar refractivity (Wildman–Crippen MR) is 107 cm³/mol. The summed E-state index contributed by atoms with van der Waals surface area (Å²) in [6.45, 7) is 4.29. The predicted octanol–water partition coefficient (Wildman–Crippen LogP) is 3.42. The van der Waals surface area contributed by atoms with Gasteiger partial charge in [-0.3, -0.25) is 4.79 Å². The number of benzene rings is 2. The van der Waals surface area contributed by atoms with E-state index < -0.39 is 0 Å². The lowest BCUT2D eigenvalue weighted by Crippen LogP contribution is -2.29. The van der Waals surface area contributed by atoms with Crippen molar-refractivity contribution in [3.05, 3.63) is 70.8 Å². The van der Waals surface area contributed by atoms with Crippen molar-refractivity contribution in [2.75, 3.05) is 14.2 Å². The van der Waals surface area contributed by atoms with Crippen LogP contribution >= 0.6 is 0 Å². The Labute approximate surface area is 159 Å². The van der Waals surface area contributed by atoms with Gasteiger partial charge < -0.3 is 15.0 Å². The summed E-state index contributed by atoms with van der Waals surface area (Å²) in [4.78, 5) is 22.5. The third kappa shape index (κ3) is 5.41. The average molecular weight is 367 g/mol. The zero-order chi connectivity index (χ0) is 19.6. The van der Waals surface area contributed by atoms with Gasteiger partial charge in [-0.15, -0.1) is 0 Å². The quantitative estimate of drug-likeness (QED) is 0.574. The number of aryl methyl sites for hydroxylation is 1. The molecule has 142 valence electrons. The number of hydrogen-bond donors (Lipinski definition) is 1. The van der Waals surface area contributed by atoms with Gasteiger partial charge >= 0.3 is 0 Å². The topological polar surface area (TPSA) is 72.3 Å². The minimum Gasteiger partial charge on any atom is -0.398 e. The second kappa shape index (κ2) is 10.1. The van der Waals surface area contributed by atoms with Crippen LogP contribution in [-0.2, 0) is 21.1 Å². The van der Waals surface area contributed by atoms with Crippen LogP contribution in [0.5, 0.6) is 0 Å². The molecule has 0 unspecified atom stereocenters. The highest BCUT2D eigenvalue weighted by Gasteiger charge is 2.17. The molecule has 6 heteroatoms. The lowest BCUT2D eigenvalue weighted by Gasteiger charge is -2.11. The Morgan fingerprint density at radius 1 is 1.11 bits per heavy atom. The van der Waals surface area contributed by atoms with Crippen LogP contribution in [0.2, 0.25) is 0 Å². The maximum absolute atomic E-state index is 12.1. The summed E-state index contributed by atoms with van der Waals surface area (Å²) in [6.07, 6.45) is 0.750. The molecule has 6 nitrogen and oxygen atoms in total. The fourth-order valence-corrected chi connectivity index (χ4v) is 2.63. The van der Waals surface area contributed by atoms with Gasteiger partial charge in [0.1, 0.15) is 13.7 Å². The third-order valence-corrected chi connectivity index (χ3v) is 3.98. The molecule has 0 saturated heterocycles. The summed E-state index contributed by atoms with van der Waals surface area (Å²) in [5, 5.41) is 10.7. The molecule has 0 fully saturated rings. The zero-order valence-electron chi connectivity index (χ0n) is 16.2. The maximum atomic E-state index is 12.1. The van der Waals surface area contributed by atoms with E-state index in [9.17, 15) is 4.79 Å². The molecule has 2 aromatic rings. The van der Waals surface area contributed by atoms with E-state index in [1.165, 1.54) is 12.7 Å². The highest BCUT2D eigenvalue weighted by Crippen LogP contribution is 2.14. The van der Waals surface area contributed by atoms with Crippen LogP contribution in [0.25, 0.3) is 0 Å². The lowest BCUT2D eigenvalue weighted by atomic mass is 10.0. The van der Waals surface area contributed by atoms with Gasteiger partial charge in [0.05, 0.1) is 5.71 Å². The van der Waals surface area contributed by atoms with Gasteiger partial charge in [-0.25, -0.2) is 0 Å². The molecule has 0 atom stereocenters. The number of carbonyl (C=O) groups excluding carboxylic acids is 1. The van der Waals surface area contributed by atoms with Crippen LogP contribution in [0.1, 0.15) is 35.6 Å². The first-order valence-electron chi connectivity index (χ1n) is 8.78. The number of rotatable bonds is 8. The minimum atomic E-state index is -0.332. The average Bonchev–Trinajstić information content (AvgIpc) is 2.69. The highest BCUT2D eigenvalue weighted by molar-refractivity contribution is 6.45. The molecule has 0 aliphatic heterocycles. The molecule has 0 aliphatic rings.